The van der Waals surface area contributed by atoms with Crippen LogP contribution < -0.4 is 14.8 Å². The van der Waals surface area contributed by atoms with Crippen LogP contribution in [0.15, 0.2) is 47.4 Å². The summed E-state index contributed by atoms with van der Waals surface area (Å²) in [7, 11) is 3.14. The van der Waals surface area contributed by atoms with Crippen molar-refractivity contribution < 1.29 is 19.1 Å². The van der Waals surface area contributed by atoms with E-state index in [1.807, 2.05) is 37.3 Å². The van der Waals surface area contributed by atoms with Gasteiger partial charge in [0.05, 0.1) is 19.1 Å². The fourth-order valence-electron chi connectivity index (χ4n) is 3.11. The van der Waals surface area contributed by atoms with Crippen LogP contribution in [0.1, 0.15) is 24.0 Å². The summed E-state index contributed by atoms with van der Waals surface area (Å²) in [6.07, 6.45) is 2.61. The zero-order valence-electron chi connectivity index (χ0n) is 17.6. The molecule has 6 nitrogen and oxygen atoms in total. The van der Waals surface area contributed by atoms with Crippen molar-refractivity contribution in [3.63, 3.8) is 0 Å². The molecule has 2 aromatic carbocycles. The fraction of sp³-hybridized carbons (Fsp3) is 0.261. The summed E-state index contributed by atoms with van der Waals surface area (Å²) in [4.78, 5) is 27.1. The highest BCUT2D eigenvalue weighted by atomic mass is 32.2. The minimum Gasteiger partial charge on any atom is -0.493 e. The topological polar surface area (TPSA) is 67.9 Å². The van der Waals surface area contributed by atoms with Gasteiger partial charge in [-0.1, -0.05) is 48.2 Å². The molecule has 0 spiro atoms. The number of ether oxygens (including phenoxy) is 2. The van der Waals surface area contributed by atoms with Gasteiger partial charge in [0.15, 0.2) is 11.5 Å². The quantitative estimate of drug-likeness (QED) is 0.461. The number of methoxy groups -OCH3 is 2. The number of rotatable bonds is 8. The Morgan fingerprint density at radius 1 is 1.16 bits per heavy atom. The van der Waals surface area contributed by atoms with Gasteiger partial charge in [-0.05, 0) is 48.7 Å². The molecule has 0 aromatic heterocycles. The molecule has 1 saturated heterocycles. The third kappa shape index (κ3) is 5.65. The number of amides is 2. The zero-order valence-corrected chi connectivity index (χ0v) is 19.3. The van der Waals surface area contributed by atoms with Crippen LogP contribution in [-0.4, -0.2) is 41.8 Å². The van der Waals surface area contributed by atoms with Gasteiger partial charge >= 0.3 is 0 Å². The van der Waals surface area contributed by atoms with E-state index in [-0.39, 0.29) is 11.8 Å². The van der Waals surface area contributed by atoms with E-state index in [0.29, 0.717) is 40.1 Å². The highest BCUT2D eigenvalue weighted by Gasteiger charge is 2.31. The maximum absolute atomic E-state index is 12.8. The number of nitrogens with one attached hydrogen (secondary N) is 1. The highest BCUT2D eigenvalue weighted by Crippen LogP contribution is 2.34. The normalized spacial score (nSPS) is 14.8. The fourth-order valence-corrected chi connectivity index (χ4v) is 4.42. The Hall–Kier alpha value is -2.84. The third-order valence-electron chi connectivity index (χ3n) is 4.78. The van der Waals surface area contributed by atoms with E-state index in [2.05, 4.69) is 5.32 Å². The molecular weight excluding hydrogens is 432 g/mol. The van der Waals surface area contributed by atoms with Gasteiger partial charge in [0, 0.05) is 18.7 Å². The number of carbonyl (C=O) groups is 2. The Kier molecular flexibility index (Phi) is 7.70. The number of carbonyl (C=O) groups excluding carboxylic acids is 2. The molecule has 0 saturated carbocycles. The summed E-state index contributed by atoms with van der Waals surface area (Å²) in [5.41, 5.74) is 2.62. The minimum atomic E-state index is -0.149. The Morgan fingerprint density at radius 2 is 1.90 bits per heavy atom. The van der Waals surface area contributed by atoms with Crippen LogP contribution >= 0.6 is 24.0 Å². The van der Waals surface area contributed by atoms with E-state index in [0.717, 1.165) is 16.8 Å². The molecule has 1 N–H and O–H groups in total. The zero-order chi connectivity index (χ0) is 22.4. The standard InChI is InChI=1S/C23H24N2O4S2/c1-15-7-4-5-8-17(15)24-21(26)9-6-12-25-22(27)20(31-23(25)30)14-16-10-11-18(28-2)19(13-16)29-3/h4-5,7-8,10-11,13-14H,6,9,12H2,1-3H3,(H,24,26). The maximum atomic E-state index is 12.8. The van der Waals surface area contributed by atoms with Crippen LogP contribution in [0.25, 0.3) is 6.08 Å². The second kappa shape index (κ2) is 10.5. The lowest BCUT2D eigenvalue weighted by molar-refractivity contribution is -0.122. The van der Waals surface area contributed by atoms with E-state index in [4.69, 9.17) is 21.7 Å². The summed E-state index contributed by atoms with van der Waals surface area (Å²) in [6, 6.07) is 13.1. The predicted octanol–water partition coefficient (Wildman–Crippen LogP) is 4.63. The van der Waals surface area contributed by atoms with Crippen LogP contribution in [0.5, 0.6) is 11.5 Å². The van der Waals surface area contributed by atoms with Gasteiger partial charge in [-0.15, -0.1) is 0 Å². The second-order valence-corrected chi connectivity index (χ2v) is 8.59. The van der Waals surface area contributed by atoms with Crippen molar-refractivity contribution in [2.75, 3.05) is 26.1 Å². The van der Waals surface area contributed by atoms with Gasteiger partial charge in [0.2, 0.25) is 5.91 Å². The number of benzene rings is 2. The smallest absolute Gasteiger partial charge is 0.266 e. The third-order valence-corrected chi connectivity index (χ3v) is 6.16. The lowest BCUT2D eigenvalue weighted by Crippen LogP contribution is -2.29. The molecule has 3 rings (SSSR count). The second-order valence-electron chi connectivity index (χ2n) is 6.91. The van der Waals surface area contributed by atoms with Crippen LogP contribution in [0.2, 0.25) is 0 Å². The van der Waals surface area contributed by atoms with Gasteiger partial charge < -0.3 is 14.8 Å². The van der Waals surface area contributed by atoms with E-state index in [9.17, 15) is 9.59 Å². The van der Waals surface area contributed by atoms with Crippen LogP contribution in [0.3, 0.4) is 0 Å². The monoisotopic (exact) mass is 456 g/mol. The van der Waals surface area contributed by atoms with E-state index < -0.39 is 0 Å². The van der Waals surface area contributed by atoms with Crippen LogP contribution in [0, 0.1) is 6.92 Å². The van der Waals surface area contributed by atoms with Gasteiger partial charge in [0.1, 0.15) is 4.32 Å². The van der Waals surface area contributed by atoms with Crippen molar-refractivity contribution in [2.45, 2.75) is 19.8 Å². The molecule has 2 aromatic rings. The first-order valence-corrected chi connectivity index (χ1v) is 11.0. The molecule has 2 amide bonds. The van der Waals surface area contributed by atoms with E-state index >= 15 is 0 Å². The Labute approximate surface area is 191 Å². The number of hydrogen-bond donors (Lipinski definition) is 1. The van der Waals surface area contributed by atoms with Crippen molar-refractivity contribution in [1.29, 1.82) is 0 Å². The number of thioether (sulfide) groups is 1. The van der Waals surface area contributed by atoms with Gasteiger partial charge in [0.25, 0.3) is 5.91 Å². The summed E-state index contributed by atoms with van der Waals surface area (Å²) in [5.74, 6) is 0.979. The molecule has 0 aliphatic carbocycles. The molecule has 8 heteroatoms. The van der Waals surface area contributed by atoms with Crippen LogP contribution in [0.4, 0.5) is 5.69 Å². The number of aryl methyl sites for hydroxylation is 1. The highest BCUT2D eigenvalue weighted by molar-refractivity contribution is 8.26. The van der Waals surface area contributed by atoms with Crippen molar-refractivity contribution >= 4 is 51.9 Å². The van der Waals surface area contributed by atoms with Gasteiger partial charge in [-0.2, -0.15) is 0 Å². The summed E-state index contributed by atoms with van der Waals surface area (Å²) in [6.45, 7) is 2.34. The Morgan fingerprint density at radius 3 is 2.61 bits per heavy atom. The van der Waals surface area contributed by atoms with Crippen LogP contribution in [-0.2, 0) is 9.59 Å². The Balaban J connectivity index is 1.58. The molecule has 0 bridgehead atoms. The molecule has 162 valence electrons. The molecule has 1 aliphatic rings. The largest absolute Gasteiger partial charge is 0.493 e. The average Bonchev–Trinajstić information content (AvgIpc) is 3.02. The lowest BCUT2D eigenvalue weighted by Gasteiger charge is -2.14. The minimum absolute atomic E-state index is 0.0828. The number of para-hydroxylation sites is 1. The maximum Gasteiger partial charge on any atom is 0.266 e. The molecule has 0 unspecified atom stereocenters. The first kappa shape index (κ1) is 22.8. The lowest BCUT2D eigenvalue weighted by atomic mass is 10.2. The van der Waals surface area contributed by atoms with Crippen molar-refractivity contribution in [3.8, 4) is 11.5 Å². The summed E-state index contributed by atoms with van der Waals surface area (Å²) in [5, 5.41) is 2.91. The molecule has 31 heavy (non-hydrogen) atoms. The average molecular weight is 457 g/mol. The van der Waals surface area contributed by atoms with Crippen molar-refractivity contribution in [3.05, 3.63) is 58.5 Å². The number of thiocarbonyl (C=S) groups is 1. The molecule has 0 radical (unpaired) electrons. The number of anilines is 1. The summed E-state index contributed by atoms with van der Waals surface area (Å²) >= 11 is 6.64. The molecule has 1 aliphatic heterocycles. The molecule has 1 fully saturated rings. The van der Waals surface area contributed by atoms with Gasteiger partial charge in [-0.25, -0.2) is 0 Å². The van der Waals surface area contributed by atoms with Crippen molar-refractivity contribution in [2.24, 2.45) is 0 Å². The predicted molar refractivity (Wildman–Crippen MR) is 128 cm³/mol. The first-order chi connectivity index (χ1) is 14.9. The summed E-state index contributed by atoms with van der Waals surface area (Å²) < 4.78 is 11.1. The SMILES string of the molecule is COc1ccc(C=C2SC(=S)N(CCCC(=O)Nc3ccccc3C)C2=O)cc1OC. The van der Waals surface area contributed by atoms with E-state index in [1.54, 1.807) is 37.3 Å². The number of hydrogen-bond acceptors (Lipinski definition) is 6. The Bertz CT molecular complexity index is 1040. The first-order valence-electron chi connectivity index (χ1n) is 9.76. The van der Waals surface area contributed by atoms with E-state index in [1.165, 1.54) is 11.8 Å². The van der Waals surface area contributed by atoms with Gasteiger partial charge in [-0.3, -0.25) is 14.5 Å². The van der Waals surface area contributed by atoms with Crippen molar-refractivity contribution in [1.82, 2.24) is 4.90 Å². The molecule has 1 heterocycles. The molecular formula is C23H24N2O4S2. The molecule has 0 atom stereocenters. The number of nitrogens with zero attached hydrogens (tertiary/aromatic N) is 1.